The van der Waals surface area contributed by atoms with Gasteiger partial charge in [-0.3, -0.25) is 4.79 Å². The first-order valence-corrected chi connectivity index (χ1v) is 9.78. The molecule has 0 aliphatic rings. The highest BCUT2D eigenvalue weighted by Crippen LogP contribution is 2.33. The van der Waals surface area contributed by atoms with Gasteiger partial charge in [-0.2, -0.15) is 5.10 Å². The molecule has 0 atom stereocenters. The molecular weight excluding hydrogens is 434 g/mol. The van der Waals surface area contributed by atoms with Crippen molar-refractivity contribution in [2.24, 2.45) is 0 Å². The SMILES string of the molecule is C=CCc1cc(C(=O)Nc2ccnn2Cc2ccc(Br)cc2)cc(OC)c1OC. The van der Waals surface area contributed by atoms with Gasteiger partial charge in [0.05, 0.1) is 27.0 Å². The molecule has 0 fully saturated rings. The number of methoxy groups -OCH3 is 2. The van der Waals surface area contributed by atoms with Gasteiger partial charge < -0.3 is 14.8 Å². The van der Waals surface area contributed by atoms with E-state index in [2.05, 4.69) is 32.9 Å². The standard InChI is InChI=1S/C22H22BrN3O3/c1-4-5-16-12-17(13-19(28-2)21(16)29-3)22(27)25-20-10-11-24-26(20)14-15-6-8-18(23)9-7-15/h4,6-13H,1,5,14H2,2-3H3,(H,25,27). The number of benzene rings is 2. The maximum atomic E-state index is 12.9. The van der Waals surface area contributed by atoms with Crippen LogP contribution in [0.15, 0.2) is 65.8 Å². The molecule has 1 heterocycles. The quantitative estimate of drug-likeness (QED) is 0.500. The summed E-state index contributed by atoms with van der Waals surface area (Å²) in [5.74, 6) is 1.45. The van der Waals surface area contributed by atoms with Gasteiger partial charge in [0.15, 0.2) is 11.5 Å². The highest BCUT2D eigenvalue weighted by Gasteiger charge is 2.17. The smallest absolute Gasteiger partial charge is 0.256 e. The second kappa shape index (κ2) is 9.43. The minimum Gasteiger partial charge on any atom is -0.493 e. The molecule has 1 aromatic heterocycles. The van der Waals surface area contributed by atoms with Crippen LogP contribution in [-0.4, -0.2) is 29.9 Å². The van der Waals surface area contributed by atoms with Gasteiger partial charge in [-0.1, -0.05) is 34.1 Å². The van der Waals surface area contributed by atoms with Crippen molar-refractivity contribution in [3.8, 4) is 11.5 Å². The lowest BCUT2D eigenvalue weighted by Gasteiger charge is -2.15. The average molecular weight is 456 g/mol. The summed E-state index contributed by atoms with van der Waals surface area (Å²) >= 11 is 3.43. The van der Waals surface area contributed by atoms with Crippen molar-refractivity contribution >= 4 is 27.7 Å². The molecule has 0 spiro atoms. The minimum absolute atomic E-state index is 0.256. The average Bonchev–Trinajstić information content (AvgIpc) is 3.15. The third kappa shape index (κ3) is 4.86. The van der Waals surface area contributed by atoms with Crippen molar-refractivity contribution in [3.63, 3.8) is 0 Å². The van der Waals surface area contributed by atoms with Crippen LogP contribution in [0.4, 0.5) is 5.82 Å². The number of carbonyl (C=O) groups is 1. The lowest BCUT2D eigenvalue weighted by atomic mass is 10.0. The predicted octanol–water partition coefficient (Wildman–Crippen LogP) is 4.69. The summed E-state index contributed by atoms with van der Waals surface area (Å²) < 4.78 is 13.6. The van der Waals surface area contributed by atoms with Crippen LogP contribution in [0, 0.1) is 0 Å². The number of allylic oxidation sites excluding steroid dienone is 1. The van der Waals surface area contributed by atoms with Crippen LogP contribution in [0.5, 0.6) is 11.5 Å². The highest BCUT2D eigenvalue weighted by molar-refractivity contribution is 9.10. The Hall–Kier alpha value is -3.06. The van der Waals surface area contributed by atoms with Crippen LogP contribution in [0.2, 0.25) is 0 Å². The Morgan fingerprint density at radius 2 is 1.97 bits per heavy atom. The molecule has 0 bridgehead atoms. The van der Waals surface area contributed by atoms with Gasteiger partial charge in [0.1, 0.15) is 5.82 Å². The largest absolute Gasteiger partial charge is 0.493 e. The highest BCUT2D eigenvalue weighted by atomic mass is 79.9. The van der Waals surface area contributed by atoms with E-state index < -0.39 is 0 Å². The van der Waals surface area contributed by atoms with Crippen molar-refractivity contribution in [1.82, 2.24) is 9.78 Å². The number of carbonyl (C=O) groups excluding carboxylic acids is 1. The molecule has 1 amide bonds. The number of nitrogens with zero attached hydrogens (tertiary/aromatic N) is 2. The molecule has 0 saturated heterocycles. The Balaban J connectivity index is 1.84. The summed E-state index contributed by atoms with van der Waals surface area (Å²) in [6, 6.07) is 13.2. The summed E-state index contributed by atoms with van der Waals surface area (Å²) in [5.41, 5.74) is 2.37. The Bertz CT molecular complexity index is 1010. The number of hydrogen-bond acceptors (Lipinski definition) is 4. The fourth-order valence-corrected chi connectivity index (χ4v) is 3.26. The number of hydrogen-bond donors (Lipinski definition) is 1. The monoisotopic (exact) mass is 455 g/mol. The number of anilines is 1. The van der Waals surface area contributed by atoms with E-state index in [1.54, 1.807) is 49.4 Å². The van der Waals surface area contributed by atoms with E-state index in [1.165, 1.54) is 0 Å². The lowest BCUT2D eigenvalue weighted by Crippen LogP contribution is -2.17. The number of amides is 1. The van der Waals surface area contributed by atoms with Crippen LogP contribution < -0.4 is 14.8 Å². The molecule has 3 rings (SSSR count). The summed E-state index contributed by atoms with van der Waals surface area (Å²) in [4.78, 5) is 12.9. The number of nitrogens with one attached hydrogen (secondary N) is 1. The van der Waals surface area contributed by atoms with E-state index >= 15 is 0 Å². The summed E-state index contributed by atoms with van der Waals surface area (Å²) in [6.07, 6.45) is 3.97. The van der Waals surface area contributed by atoms with E-state index in [-0.39, 0.29) is 5.91 Å². The van der Waals surface area contributed by atoms with Crippen LogP contribution in [0.1, 0.15) is 21.5 Å². The molecular formula is C22H22BrN3O3. The molecule has 7 heteroatoms. The maximum Gasteiger partial charge on any atom is 0.256 e. The van der Waals surface area contributed by atoms with Crippen molar-refractivity contribution in [2.75, 3.05) is 19.5 Å². The maximum absolute atomic E-state index is 12.9. The van der Waals surface area contributed by atoms with Gasteiger partial charge in [0.2, 0.25) is 0 Å². The van der Waals surface area contributed by atoms with Crippen LogP contribution in [0.3, 0.4) is 0 Å². The summed E-state index contributed by atoms with van der Waals surface area (Å²) in [6.45, 7) is 4.31. The molecule has 6 nitrogen and oxygen atoms in total. The molecule has 0 unspecified atom stereocenters. The van der Waals surface area contributed by atoms with E-state index in [1.807, 2.05) is 24.3 Å². The third-order valence-corrected chi connectivity index (χ3v) is 4.91. The Kier molecular flexibility index (Phi) is 6.72. The Labute approximate surface area is 178 Å². The topological polar surface area (TPSA) is 65.4 Å². The van der Waals surface area contributed by atoms with Gasteiger partial charge in [-0.15, -0.1) is 6.58 Å². The van der Waals surface area contributed by atoms with Crippen LogP contribution in [-0.2, 0) is 13.0 Å². The predicted molar refractivity (Wildman–Crippen MR) is 117 cm³/mol. The van der Waals surface area contributed by atoms with E-state index in [4.69, 9.17) is 9.47 Å². The number of halogens is 1. The van der Waals surface area contributed by atoms with Crippen LogP contribution >= 0.6 is 15.9 Å². The van der Waals surface area contributed by atoms with Gasteiger partial charge in [-0.05, 0) is 36.2 Å². The molecule has 0 saturated carbocycles. The zero-order chi connectivity index (χ0) is 20.8. The molecule has 0 aliphatic carbocycles. The third-order valence-electron chi connectivity index (χ3n) is 4.39. The van der Waals surface area contributed by atoms with E-state index in [0.717, 1.165) is 15.6 Å². The van der Waals surface area contributed by atoms with Gasteiger partial charge in [0, 0.05) is 21.7 Å². The zero-order valence-corrected chi connectivity index (χ0v) is 17.9. The van der Waals surface area contributed by atoms with E-state index in [9.17, 15) is 4.79 Å². The number of aromatic nitrogens is 2. The molecule has 29 heavy (non-hydrogen) atoms. The number of ether oxygens (including phenoxy) is 2. The normalized spacial score (nSPS) is 10.4. The van der Waals surface area contributed by atoms with Crippen molar-refractivity contribution in [3.05, 3.63) is 82.5 Å². The fourth-order valence-electron chi connectivity index (χ4n) is 3.00. The molecule has 2 aromatic carbocycles. The number of rotatable bonds is 8. The second-order valence-electron chi connectivity index (χ2n) is 6.32. The zero-order valence-electron chi connectivity index (χ0n) is 16.3. The second-order valence-corrected chi connectivity index (χ2v) is 7.23. The summed E-state index contributed by atoms with van der Waals surface area (Å²) in [5, 5.41) is 7.25. The lowest BCUT2D eigenvalue weighted by molar-refractivity contribution is 0.102. The van der Waals surface area contributed by atoms with E-state index in [0.29, 0.717) is 35.8 Å². The van der Waals surface area contributed by atoms with Crippen LogP contribution in [0.25, 0.3) is 0 Å². The fraction of sp³-hybridized carbons (Fsp3) is 0.182. The summed E-state index contributed by atoms with van der Waals surface area (Å²) in [7, 11) is 3.12. The molecule has 0 aliphatic heterocycles. The van der Waals surface area contributed by atoms with Crippen molar-refractivity contribution < 1.29 is 14.3 Å². The Morgan fingerprint density at radius 1 is 1.21 bits per heavy atom. The van der Waals surface area contributed by atoms with Gasteiger partial charge in [-0.25, -0.2) is 4.68 Å². The molecule has 1 N–H and O–H groups in total. The Morgan fingerprint density at radius 3 is 2.62 bits per heavy atom. The first kappa shape index (κ1) is 20.7. The molecule has 3 aromatic rings. The minimum atomic E-state index is -0.256. The van der Waals surface area contributed by atoms with Gasteiger partial charge in [0.25, 0.3) is 5.91 Å². The van der Waals surface area contributed by atoms with Gasteiger partial charge >= 0.3 is 0 Å². The molecule has 150 valence electrons. The first-order valence-electron chi connectivity index (χ1n) is 8.99. The first-order chi connectivity index (χ1) is 14.0. The molecule has 0 radical (unpaired) electrons. The van der Waals surface area contributed by atoms with Crippen molar-refractivity contribution in [1.29, 1.82) is 0 Å². The van der Waals surface area contributed by atoms with Crippen molar-refractivity contribution in [2.45, 2.75) is 13.0 Å².